The standard InChI is InChI=1S/C22H28N2O4/c1-12-7-8-17-19(9-12)28-21-16-11-14-13(5-4-6-18(14)24(26)27)10-15(16)20(25)23(21)22(17,2)3/h4-6,12,15-17,19,21H,7-11H2,1-3H3/t12-,15+,16+,17-,19-,21-/m1/s1. The first-order valence-electron chi connectivity index (χ1n) is 10.5. The van der Waals surface area contributed by atoms with Gasteiger partial charge in [0.2, 0.25) is 5.91 Å². The average molecular weight is 384 g/mol. The molecule has 6 atom stereocenters. The molecule has 3 fully saturated rings. The van der Waals surface area contributed by atoms with Gasteiger partial charge in [0.15, 0.2) is 0 Å². The van der Waals surface area contributed by atoms with Gasteiger partial charge in [-0.15, -0.1) is 0 Å². The van der Waals surface area contributed by atoms with Crippen molar-refractivity contribution in [2.24, 2.45) is 23.7 Å². The highest BCUT2D eigenvalue weighted by Gasteiger charge is 2.61. The SMILES string of the molecule is C[C@@H]1CC[C@@H]2[C@@H](C1)O[C@@H]1[C@H]3Cc4c(cccc4[N+](=O)[O-])C[C@@H]3C(=O)N1C2(C)C. The van der Waals surface area contributed by atoms with Crippen LogP contribution in [0.4, 0.5) is 5.69 Å². The number of rotatable bonds is 1. The second-order valence-electron chi connectivity index (χ2n) is 9.80. The fourth-order valence-electron chi connectivity index (χ4n) is 6.47. The van der Waals surface area contributed by atoms with Crippen LogP contribution >= 0.6 is 0 Å². The Morgan fingerprint density at radius 1 is 1.25 bits per heavy atom. The van der Waals surface area contributed by atoms with Crippen LogP contribution in [0.25, 0.3) is 0 Å². The third-order valence-electron chi connectivity index (χ3n) is 7.91. The van der Waals surface area contributed by atoms with Crippen molar-refractivity contribution < 1.29 is 14.5 Å². The zero-order valence-corrected chi connectivity index (χ0v) is 16.8. The molecule has 4 aliphatic rings. The molecule has 0 bridgehead atoms. The van der Waals surface area contributed by atoms with Gasteiger partial charge in [-0.25, -0.2) is 0 Å². The van der Waals surface area contributed by atoms with Crippen LogP contribution in [-0.4, -0.2) is 33.6 Å². The molecule has 1 aromatic rings. The maximum absolute atomic E-state index is 13.5. The lowest BCUT2D eigenvalue weighted by molar-refractivity contribution is -0.385. The molecule has 0 unspecified atom stereocenters. The number of fused-ring (bicyclic) bond motifs is 5. The van der Waals surface area contributed by atoms with Crippen molar-refractivity contribution in [2.45, 2.75) is 70.7 Å². The van der Waals surface area contributed by atoms with E-state index in [1.54, 1.807) is 12.1 Å². The molecule has 1 saturated carbocycles. The highest BCUT2D eigenvalue weighted by atomic mass is 16.6. The number of benzene rings is 1. The number of hydrogen-bond donors (Lipinski definition) is 0. The summed E-state index contributed by atoms with van der Waals surface area (Å²) in [5.41, 5.74) is 1.69. The number of carbonyl (C=O) groups is 1. The molecule has 6 nitrogen and oxygen atoms in total. The van der Waals surface area contributed by atoms with Gasteiger partial charge in [-0.3, -0.25) is 14.9 Å². The summed E-state index contributed by atoms with van der Waals surface area (Å²) in [5.74, 6) is 1.05. The molecule has 0 radical (unpaired) electrons. The van der Waals surface area contributed by atoms with Crippen LogP contribution in [0.15, 0.2) is 18.2 Å². The van der Waals surface area contributed by atoms with E-state index < -0.39 is 0 Å². The van der Waals surface area contributed by atoms with Gasteiger partial charge in [-0.2, -0.15) is 0 Å². The maximum Gasteiger partial charge on any atom is 0.272 e. The molecule has 1 aromatic carbocycles. The predicted molar refractivity (Wildman–Crippen MR) is 104 cm³/mol. The van der Waals surface area contributed by atoms with Crippen LogP contribution < -0.4 is 0 Å². The summed E-state index contributed by atoms with van der Waals surface area (Å²) in [7, 11) is 0. The Morgan fingerprint density at radius 3 is 2.79 bits per heavy atom. The van der Waals surface area contributed by atoms with E-state index in [4.69, 9.17) is 4.74 Å². The Kier molecular flexibility index (Phi) is 3.89. The minimum absolute atomic E-state index is 0.00134. The van der Waals surface area contributed by atoms with Gasteiger partial charge in [0.1, 0.15) is 6.23 Å². The molecular formula is C22H28N2O4. The van der Waals surface area contributed by atoms with E-state index >= 15 is 0 Å². The van der Waals surface area contributed by atoms with Gasteiger partial charge in [0.25, 0.3) is 5.69 Å². The molecule has 5 rings (SSSR count). The summed E-state index contributed by atoms with van der Waals surface area (Å²) in [4.78, 5) is 26.7. The van der Waals surface area contributed by atoms with Crippen LogP contribution in [0.5, 0.6) is 0 Å². The summed E-state index contributed by atoms with van der Waals surface area (Å²) < 4.78 is 6.61. The van der Waals surface area contributed by atoms with E-state index in [2.05, 4.69) is 20.8 Å². The highest BCUT2D eigenvalue weighted by Crippen LogP contribution is 2.53. The normalized spacial score (nSPS) is 38.2. The molecule has 2 aliphatic heterocycles. The fraction of sp³-hybridized carbons (Fsp3) is 0.682. The summed E-state index contributed by atoms with van der Waals surface area (Å²) in [6, 6.07) is 5.26. The van der Waals surface area contributed by atoms with Crippen molar-refractivity contribution >= 4 is 11.6 Å². The lowest BCUT2D eigenvalue weighted by Gasteiger charge is -2.56. The number of ether oxygens (including phenoxy) is 1. The Morgan fingerprint density at radius 2 is 2.04 bits per heavy atom. The Bertz CT molecular complexity index is 851. The van der Waals surface area contributed by atoms with E-state index in [0.29, 0.717) is 24.7 Å². The molecule has 2 aliphatic carbocycles. The topological polar surface area (TPSA) is 72.7 Å². The van der Waals surface area contributed by atoms with Crippen molar-refractivity contribution in [3.63, 3.8) is 0 Å². The highest BCUT2D eigenvalue weighted by molar-refractivity contribution is 5.84. The number of amides is 1. The van der Waals surface area contributed by atoms with E-state index in [9.17, 15) is 14.9 Å². The molecule has 0 spiro atoms. The molecular weight excluding hydrogens is 356 g/mol. The van der Waals surface area contributed by atoms with Crippen molar-refractivity contribution in [1.82, 2.24) is 4.90 Å². The first-order valence-corrected chi connectivity index (χ1v) is 10.5. The van der Waals surface area contributed by atoms with Gasteiger partial charge >= 0.3 is 0 Å². The van der Waals surface area contributed by atoms with Gasteiger partial charge in [0, 0.05) is 34.9 Å². The molecule has 2 saturated heterocycles. The summed E-state index contributed by atoms with van der Waals surface area (Å²) >= 11 is 0. The summed E-state index contributed by atoms with van der Waals surface area (Å²) in [5, 5.41) is 11.5. The Labute approximate surface area is 165 Å². The molecule has 28 heavy (non-hydrogen) atoms. The second kappa shape index (κ2) is 6.02. The minimum atomic E-state index is -0.293. The Balaban J connectivity index is 1.53. The number of carbonyl (C=O) groups excluding carboxylic acids is 1. The number of nitrogens with zero attached hydrogens (tertiary/aromatic N) is 2. The van der Waals surface area contributed by atoms with Crippen molar-refractivity contribution in [3.05, 3.63) is 39.4 Å². The van der Waals surface area contributed by atoms with Gasteiger partial charge in [0.05, 0.1) is 11.0 Å². The summed E-state index contributed by atoms with van der Waals surface area (Å²) in [6.07, 6.45) is 4.37. The smallest absolute Gasteiger partial charge is 0.272 e. The zero-order chi connectivity index (χ0) is 19.8. The first kappa shape index (κ1) is 18.1. The quantitative estimate of drug-likeness (QED) is 0.547. The monoisotopic (exact) mass is 384 g/mol. The number of nitro benzene ring substituents is 1. The Hall–Kier alpha value is -1.95. The zero-order valence-electron chi connectivity index (χ0n) is 16.8. The lowest BCUT2D eigenvalue weighted by atomic mass is 9.69. The molecule has 150 valence electrons. The molecule has 0 N–H and O–H groups in total. The van der Waals surface area contributed by atoms with Crippen LogP contribution in [0.3, 0.4) is 0 Å². The molecule has 6 heteroatoms. The second-order valence-corrected chi connectivity index (χ2v) is 9.80. The van der Waals surface area contributed by atoms with E-state index in [1.807, 2.05) is 11.0 Å². The number of hydrogen-bond acceptors (Lipinski definition) is 4. The third kappa shape index (κ3) is 2.39. The van der Waals surface area contributed by atoms with Crippen LogP contribution in [0.1, 0.15) is 51.2 Å². The van der Waals surface area contributed by atoms with Gasteiger partial charge < -0.3 is 9.64 Å². The molecule has 1 amide bonds. The van der Waals surface area contributed by atoms with E-state index in [-0.39, 0.29) is 46.2 Å². The van der Waals surface area contributed by atoms with Crippen LogP contribution in [0.2, 0.25) is 0 Å². The third-order valence-corrected chi connectivity index (χ3v) is 7.91. The largest absolute Gasteiger partial charge is 0.354 e. The summed E-state index contributed by atoms with van der Waals surface area (Å²) in [6.45, 7) is 6.67. The van der Waals surface area contributed by atoms with Gasteiger partial charge in [-0.05, 0) is 51.0 Å². The minimum Gasteiger partial charge on any atom is -0.354 e. The molecule has 0 aromatic heterocycles. The number of nitro groups is 1. The predicted octanol–water partition coefficient (Wildman–Crippen LogP) is 3.71. The van der Waals surface area contributed by atoms with E-state index in [0.717, 1.165) is 24.0 Å². The maximum atomic E-state index is 13.5. The van der Waals surface area contributed by atoms with Crippen molar-refractivity contribution in [1.29, 1.82) is 0 Å². The fourth-order valence-corrected chi connectivity index (χ4v) is 6.47. The van der Waals surface area contributed by atoms with Gasteiger partial charge in [-0.1, -0.05) is 25.5 Å². The van der Waals surface area contributed by atoms with Crippen LogP contribution in [-0.2, 0) is 22.4 Å². The van der Waals surface area contributed by atoms with Crippen molar-refractivity contribution in [3.8, 4) is 0 Å². The van der Waals surface area contributed by atoms with E-state index in [1.165, 1.54) is 6.42 Å². The van der Waals surface area contributed by atoms with Crippen LogP contribution in [0, 0.1) is 33.8 Å². The van der Waals surface area contributed by atoms with Crippen molar-refractivity contribution in [2.75, 3.05) is 0 Å². The lowest BCUT2D eigenvalue weighted by Crippen LogP contribution is -2.64. The average Bonchev–Trinajstić information content (AvgIpc) is 2.91. The first-order chi connectivity index (χ1) is 13.3. The molecule has 2 heterocycles.